The molecular weight excluding hydrogens is 371 g/mol. The maximum Gasteiger partial charge on any atom is 0.226 e. The number of aliphatic imine (C=N–C) groups is 1. The fourth-order valence-electron chi connectivity index (χ4n) is 2.80. The average molecular weight is 396 g/mol. The zero-order valence-corrected chi connectivity index (χ0v) is 16.6. The fourth-order valence-corrected chi connectivity index (χ4v) is 2.80. The van der Waals surface area contributed by atoms with Gasteiger partial charge < -0.3 is 19.8 Å². The van der Waals surface area contributed by atoms with Gasteiger partial charge in [-0.2, -0.15) is 0 Å². The summed E-state index contributed by atoms with van der Waals surface area (Å²) < 4.78 is 23.9. The van der Waals surface area contributed by atoms with Crippen LogP contribution in [0.15, 0.2) is 64.2 Å². The summed E-state index contributed by atoms with van der Waals surface area (Å²) in [5.74, 6) is 1.74. The van der Waals surface area contributed by atoms with Gasteiger partial charge in [-0.25, -0.2) is 14.4 Å². The van der Waals surface area contributed by atoms with Gasteiger partial charge in [0.25, 0.3) is 0 Å². The monoisotopic (exact) mass is 396 g/mol. The number of guanidine groups is 1. The van der Waals surface area contributed by atoms with Crippen LogP contribution in [0.25, 0.3) is 11.5 Å². The highest BCUT2D eigenvalue weighted by Gasteiger charge is 2.07. The molecule has 3 rings (SSSR count). The van der Waals surface area contributed by atoms with Crippen LogP contribution in [0.5, 0.6) is 5.75 Å². The number of rotatable bonds is 8. The number of oxazole rings is 1. The van der Waals surface area contributed by atoms with E-state index in [1.807, 2.05) is 31.2 Å². The molecule has 3 aromatic rings. The van der Waals surface area contributed by atoms with Crippen molar-refractivity contribution in [2.75, 3.05) is 20.2 Å². The molecule has 0 fully saturated rings. The Kier molecular flexibility index (Phi) is 7.22. The van der Waals surface area contributed by atoms with Gasteiger partial charge in [0.1, 0.15) is 17.8 Å². The van der Waals surface area contributed by atoms with Crippen LogP contribution in [0.4, 0.5) is 4.39 Å². The minimum absolute atomic E-state index is 0.284. The number of hydrogen-bond acceptors (Lipinski definition) is 4. The minimum atomic E-state index is -0.284. The predicted octanol–water partition coefficient (Wildman–Crippen LogP) is 3.79. The molecule has 0 bridgehead atoms. The summed E-state index contributed by atoms with van der Waals surface area (Å²) in [7, 11) is 1.66. The highest BCUT2D eigenvalue weighted by molar-refractivity contribution is 5.79. The van der Waals surface area contributed by atoms with Gasteiger partial charge in [-0.3, -0.25) is 0 Å². The third kappa shape index (κ3) is 5.81. The molecule has 0 spiro atoms. The summed E-state index contributed by atoms with van der Waals surface area (Å²) in [5.41, 5.74) is 2.59. The molecule has 0 radical (unpaired) electrons. The Morgan fingerprint density at radius 3 is 2.69 bits per heavy atom. The zero-order chi connectivity index (χ0) is 20.5. The van der Waals surface area contributed by atoms with E-state index in [1.54, 1.807) is 25.5 Å². The largest absolute Gasteiger partial charge is 0.496 e. The molecule has 1 aromatic heterocycles. The molecule has 0 unspecified atom stereocenters. The molecule has 0 aliphatic rings. The molecular formula is C22H25FN4O2. The number of benzene rings is 2. The van der Waals surface area contributed by atoms with Crippen LogP contribution >= 0.6 is 0 Å². The van der Waals surface area contributed by atoms with Crippen LogP contribution in [0.3, 0.4) is 0 Å². The number of aromatic nitrogens is 1. The second-order valence-electron chi connectivity index (χ2n) is 6.33. The summed E-state index contributed by atoms with van der Waals surface area (Å²) in [4.78, 5) is 9.08. The van der Waals surface area contributed by atoms with Crippen LogP contribution in [0.1, 0.15) is 18.2 Å². The van der Waals surface area contributed by atoms with Crippen molar-refractivity contribution >= 4 is 5.96 Å². The van der Waals surface area contributed by atoms with E-state index >= 15 is 0 Å². The van der Waals surface area contributed by atoms with Gasteiger partial charge in [-0.1, -0.05) is 18.2 Å². The lowest BCUT2D eigenvalue weighted by Gasteiger charge is -2.11. The Labute approximate surface area is 169 Å². The second kappa shape index (κ2) is 10.3. The summed E-state index contributed by atoms with van der Waals surface area (Å²) in [6, 6.07) is 13.9. The molecule has 2 N–H and O–H groups in total. The maximum absolute atomic E-state index is 13.0. The van der Waals surface area contributed by atoms with Crippen LogP contribution in [-0.2, 0) is 13.0 Å². The van der Waals surface area contributed by atoms with Crippen molar-refractivity contribution in [1.29, 1.82) is 0 Å². The minimum Gasteiger partial charge on any atom is -0.496 e. The van der Waals surface area contributed by atoms with Crippen LogP contribution < -0.4 is 15.4 Å². The molecule has 0 aliphatic heterocycles. The third-order valence-electron chi connectivity index (χ3n) is 4.26. The third-order valence-corrected chi connectivity index (χ3v) is 4.26. The van der Waals surface area contributed by atoms with Gasteiger partial charge in [-0.05, 0) is 37.3 Å². The number of ether oxygens (including phenoxy) is 1. The molecule has 7 heteroatoms. The molecule has 2 aromatic carbocycles. The molecule has 0 aliphatic carbocycles. The van der Waals surface area contributed by atoms with Crippen LogP contribution in [0.2, 0.25) is 0 Å². The lowest BCUT2D eigenvalue weighted by atomic mass is 10.2. The standard InChI is InChI=1S/C22H25FN4O2/c1-3-24-22(26-14-17-6-4-5-7-20(17)28-2)25-13-12-19-15-29-21(27-19)16-8-10-18(23)11-9-16/h4-11,15H,3,12-14H2,1-2H3,(H2,24,25,26). The number of hydrogen-bond donors (Lipinski definition) is 2. The number of methoxy groups -OCH3 is 1. The first-order valence-electron chi connectivity index (χ1n) is 9.54. The van der Waals surface area contributed by atoms with Crippen molar-refractivity contribution in [2.45, 2.75) is 19.9 Å². The number of para-hydroxylation sites is 1. The molecule has 29 heavy (non-hydrogen) atoms. The van der Waals surface area contributed by atoms with E-state index in [0.29, 0.717) is 25.4 Å². The van der Waals surface area contributed by atoms with E-state index in [0.717, 1.165) is 35.1 Å². The Balaban J connectivity index is 1.56. The van der Waals surface area contributed by atoms with E-state index in [-0.39, 0.29) is 5.82 Å². The van der Waals surface area contributed by atoms with E-state index in [4.69, 9.17) is 9.15 Å². The maximum atomic E-state index is 13.0. The highest BCUT2D eigenvalue weighted by Crippen LogP contribution is 2.19. The molecule has 0 saturated carbocycles. The molecule has 152 valence electrons. The average Bonchev–Trinajstić information content (AvgIpc) is 3.21. The Bertz CT molecular complexity index is 938. The lowest BCUT2D eigenvalue weighted by Crippen LogP contribution is -2.38. The van der Waals surface area contributed by atoms with Gasteiger partial charge in [0.05, 0.1) is 19.3 Å². The van der Waals surface area contributed by atoms with Crippen LogP contribution in [-0.4, -0.2) is 31.1 Å². The molecule has 0 amide bonds. The van der Waals surface area contributed by atoms with Crippen molar-refractivity contribution in [3.63, 3.8) is 0 Å². The highest BCUT2D eigenvalue weighted by atomic mass is 19.1. The lowest BCUT2D eigenvalue weighted by molar-refractivity contribution is 0.410. The van der Waals surface area contributed by atoms with Crippen molar-refractivity contribution in [3.05, 3.63) is 71.9 Å². The fraction of sp³-hybridized carbons (Fsp3) is 0.273. The van der Waals surface area contributed by atoms with Crippen molar-refractivity contribution in [3.8, 4) is 17.2 Å². The van der Waals surface area contributed by atoms with Gasteiger partial charge in [0, 0.05) is 30.6 Å². The topological polar surface area (TPSA) is 71.7 Å². The SMILES string of the molecule is CCNC(=NCc1ccccc1OC)NCCc1coc(-c2ccc(F)cc2)n1. The molecule has 0 saturated heterocycles. The molecule has 0 atom stereocenters. The van der Waals surface area contributed by atoms with E-state index < -0.39 is 0 Å². The van der Waals surface area contributed by atoms with E-state index in [2.05, 4.69) is 20.6 Å². The summed E-state index contributed by atoms with van der Waals surface area (Å²) in [6.45, 7) is 3.94. The number of nitrogens with zero attached hydrogens (tertiary/aromatic N) is 2. The van der Waals surface area contributed by atoms with Crippen molar-refractivity contribution in [2.24, 2.45) is 4.99 Å². The van der Waals surface area contributed by atoms with E-state index in [1.165, 1.54) is 12.1 Å². The predicted molar refractivity (Wildman–Crippen MR) is 111 cm³/mol. The summed E-state index contributed by atoms with van der Waals surface area (Å²) in [6.07, 6.45) is 2.29. The van der Waals surface area contributed by atoms with Crippen LogP contribution in [0, 0.1) is 5.82 Å². The van der Waals surface area contributed by atoms with E-state index in [9.17, 15) is 4.39 Å². The quantitative estimate of drug-likeness (QED) is 0.448. The zero-order valence-electron chi connectivity index (χ0n) is 16.6. The Morgan fingerprint density at radius 2 is 1.93 bits per heavy atom. The number of halogens is 1. The molecule has 6 nitrogen and oxygen atoms in total. The van der Waals surface area contributed by atoms with Gasteiger partial charge >= 0.3 is 0 Å². The molecule has 1 heterocycles. The van der Waals surface area contributed by atoms with Crippen molar-refractivity contribution in [1.82, 2.24) is 15.6 Å². The first kappa shape index (κ1) is 20.4. The summed E-state index contributed by atoms with van der Waals surface area (Å²) in [5, 5.41) is 6.53. The first-order valence-corrected chi connectivity index (χ1v) is 9.54. The van der Waals surface area contributed by atoms with Gasteiger partial charge in [0.15, 0.2) is 5.96 Å². The Hall–Kier alpha value is -3.35. The smallest absolute Gasteiger partial charge is 0.226 e. The summed E-state index contributed by atoms with van der Waals surface area (Å²) >= 11 is 0. The Morgan fingerprint density at radius 1 is 1.14 bits per heavy atom. The first-order chi connectivity index (χ1) is 14.2. The second-order valence-corrected chi connectivity index (χ2v) is 6.33. The normalized spacial score (nSPS) is 11.3. The van der Waals surface area contributed by atoms with Gasteiger partial charge in [0.2, 0.25) is 5.89 Å². The number of nitrogens with one attached hydrogen (secondary N) is 2. The van der Waals surface area contributed by atoms with Gasteiger partial charge in [-0.15, -0.1) is 0 Å². The van der Waals surface area contributed by atoms with Crippen molar-refractivity contribution < 1.29 is 13.5 Å².